The van der Waals surface area contributed by atoms with Crippen LogP contribution in [-0.2, 0) is 15.6 Å². The molecule has 0 unspecified atom stereocenters. The second-order valence-corrected chi connectivity index (χ2v) is 6.05. The lowest BCUT2D eigenvalue weighted by molar-refractivity contribution is -0.392. The first-order valence-electron chi connectivity index (χ1n) is 5.57. The van der Waals surface area contributed by atoms with Gasteiger partial charge >= 0.3 is 5.82 Å². The number of anilines is 1. The molecule has 0 aliphatic rings. The van der Waals surface area contributed by atoms with Crippen molar-refractivity contribution in [2.24, 2.45) is 0 Å². The maximum Gasteiger partial charge on any atom is 0.382 e. The smallest absolute Gasteiger partial charge is 0.382 e. The zero-order valence-electron chi connectivity index (χ0n) is 10.3. The Hall–Kier alpha value is -2.48. The van der Waals surface area contributed by atoms with Gasteiger partial charge in [0.15, 0.2) is 20.9 Å². The van der Waals surface area contributed by atoms with Gasteiger partial charge in [-0.1, -0.05) is 30.3 Å². The summed E-state index contributed by atoms with van der Waals surface area (Å²) in [6, 6.07) is 9.45. The molecule has 0 saturated carbocycles. The van der Waals surface area contributed by atoms with Gasteiger partial charge in [-0.15, -0.1) is 0 Å². The van der Waals surface area contributed by atoms with Gasteiger partial charge in [0.25, 0.3) is 0 Å². The first-order chi connectivity index (χ1) is 9.40. The van der Waals surface area contributed by atoms with Crippen LogP contribution in [0.1, 0.15) is 5.56 Å². The predicted octanol–water partition coefficient (Wildman–Crippen LogP) is 1.55. The number of nitrogen functional groups attached to an aromatic ring is 1. The highest BCUT2D eigenvalue weighted by Crippen LogP contribution is 2.26. The van der Waals surface area contributed by atoms with Crippen LogP contribution in [0.2, 0.25) is 0 Å². The summed E-state index contributed by atoms with van der Waals surface area (Å²) in [7, 11) is -3.90. The van der Waals surface area contributed by atoms with E-state index in [2.05, 4.69) is 4.98 Å². The lowest BCUT2D eigenvalue weighted by atomic mass is 10.2. The Labute approximate surface area is 115 Å². The summed E-state index contributed by atoms with van der Waals surface area (Å²) >= 11 is 0. The molecule has 0 saturated heterocycles. The fourth-order valence-electron chi connectivity index (χ4n) is 1.69. The van der Waals surface area contributed by atoms with Crippen molar-refractivity contribution >= 4 is 21.3 Å². The molecule has 20 heavy (non-hydrogen) atoms. The highest BCUT2D eigenvalue weighted by molar-refractivity contribution is 7.90. The van der Waals surface area contributed by atoms with Crippen LogP contribution in [0.4, 0.5) is 11.5 Å². The zero-order valence-corrected chi connectivity index (χ0v) is 11.1. The minimum Gasteiger partial charge on any atom is -0.396 e. The molecule has 7 nitrogen and oxygen atoms in total. The molecule has 0 amide bonds. The fraction of sp³-hybridized carbons (Fsp3) is 0.0833. The van der Waals surface area contributed by atoms with Crippen molar-refractivity contribution < 1.29 is 13.3 Å². The molecule has 104 valence electrons. The van der Waals surface area contributed by atoms with E-state index in [1.54, 1.807) is 30.3 Å². The highest BCUT2D eigenvalue weighted by Gasteiger charge is 2.27. The van der Waals surface area contributed by atoms with Crippen LogP contribution < -0.4 is 5.73 Å². The molecular formula is C12H11N3O4S. The molecule has 0 atom stereocenters. The predicted molar refractivity (Wildman–Crippen MR) is 72.6 cm³/mol. The van der Waals surface area contributed by atoms with Gasteiger partial charge in [-0.05, 0) is 21.5 Å². The third kappa shape index (κ3) is 2.91. The summed E-state index contributed by atoms with van der Waals surface area (Å²) in [6.07, 6.45) is 1.06. The lowest BCUT2D eigenvalue weighted by Gasteiger charge is -2.05. The van der Waals surface area contributed by atoms with Crippen molar-refractivity contribution in [2.75, 3.05) is 5.73 Å². The minimum atomic E-state index is -3.90. The topological polar surface area (TPSA) is 116 Å². The number of rotatable bonds is 4. The van der Waals surface area contributed by atoms with E-state index in [1.807, 2.05) is 0 Å². The molecule has 8 heteroatoms. The van der Waals surface area contributed by atoms with E-state index in [4.69, 9.17) is 5.73 Å². The number of hydrogen-bond donors (Lipinski definition) is 1. The molecule has 2 N–H and O–H groups in total. The molecule has 2 aromatic rings. The number of nitrogens with zero attached hydrogens (tertiary/aromatic N) is 2. The van der Waals surface area contributed by atoms with E-state index in [9.17, 15) is 18.5 Å². The van der Waals surface area contributed by atoms with Gasteiger partial charge in [0.1, 0.15) is 0 Å². The summed E-state index contributed by atoms with van der Waals surface area (Å²) in [4.78, 5) is 13.1. The lowest BCUT2D eigenvalue weighted by Crippen LogP contribution is -2.10. The van der Waals surface area contributed by atoms with Crippen molar-refractivity contribution in [3.8, 4) is 0 Å². The van der Waals surface area contributed by atoms with Crippen molar-refractivity contribution in [1.82, 2.24) is 4.98 Å². The SMILES string of the molecule is Nc1cnc([N+](=O)[O-])c(S(=O)(=O)Cc2ccccc2)c1. The second kappa shape index (κ2) is 5.25. The minimum absolute atomic E-state index is 0.0576. The van der Waals surface area contributed by atoms with Gasteiger partial charge in [-0.2, -0.15) is 0 Å². The van der Waals surface area contributed by atoms with Gasteiger partial charge in [0.05, 0.1) is 11.4 Å². The molecule has 2 rings (SSSR count). The van der Waals surface area contributed by atoms with Crippen molar-refractivity contribution in [3.63, 3.8) is 0 Å². The summed E-state index contributed by atoms with van der Waals surface area (Å²) in [5.74, 6) is -1.06. The summed E-state index contributed by atoms with van der Waals surface area (Å²) in [6.45, 7) is 0. The van der Waals surface area contributed by atoms with Gasteiger partial charge in [0, 0.05) is 0 Å². The summed E-state index contributed by atoms with van der Waals surface area (Å²) < 4.78 is 24.6. The molecule has 0 spiro atoms. The van der Waals surface area contributed by atoms with E-state index in [-0.39, 0.29) is 11.4 Å². The maximum absolute atomic E-state index is 12.3. The van der Waals surface area contributed by atoms with Crippen molar-refractivity contribution in [1.29, 1.82) is 0 Å². The molecule has 1 heterocycles. The summed E-state index contributed by atoms with van der Waals surface area (Å²) in [5, 5.41) is 10.9. The third-order valence-corrected chi connectivity index (χ3v) is 4.25. The molecule has 0 aliphatic heterocycles. The Balaban J connectivity index is 2.49. The average Bonchev–Trinajstić information content (AvgIpc) is 2.39. The van der Waals surface area contributed by atoms with Crippen LogP contribution in [-0.4, -0.2) is 18.3 Å². The van der Waals surface area contributed by atoms with Gasteiger partial charge in [-0.25, -0.2) is 8.42 Å². The quantitative estimate of drug-likeness (QED) is 0.675. The number of aromatic nitrogens is 1. The number of sulfone groups is 1. The molecular weight excluding hydrogens is 282 g/mol. The molecule has 1 aromatic heterocycles. The molecule has 1 aromatic carbocycles. The Kier molecular flexibility index (Phi) is 3.66. The Morgan fingerprint density at radius 1 is 1.25 bits per heavy atom. The molecule has 0 aliphatic carbocycles. The van der Waals surface area contributed by atoms with E-state index in [0.717, 1.165) is 12.3 Å². The maximum atomic E-state index is 12.3. The van der Waals surface area contributed by atoms with Crippen molar-refractivity contribution in [2.45, 2.75) is 10.6 Å². The fourth-order valence-corrected chi connectivity index (χ4v) is 3.20. The van der Waals surface area contributed by atoms with Crippen LogP contribution in [0.15, 0.2) is 47.5 Å². The number of pyridine rings is 1. The molecule has 0 radical (unpaired) electrons. The first kappa shape index (κ1) is 13.9. The van der Waals surface area contributed by atoms with E-state index < -0.39 is 25.5 Å². The Morgan fingerprint density at radius 2 is 1.90 bits per heavy atom. The van der Waals surface area contributed by atoms with Gasteiger partial charge in [0.2, 0.25) is 0 Å². The third-order valence-electron chi connectivity index (χ3n) is 2.56. The monoisotopic (exact) mass is 293 g/mol. The molecule has 0 fully saturated rings. The Bertz CT molecular complexity index is 745. The number of nitro groups is 1. The van der Waals surface area contributed by atoms with Crippen LogP contribution in [0.3, 0.4) is 0 Å². The zero-order chi connectivity index (χ0) is 14.8. The van der Waals surface area contributed by atoms with E-state index >= 15 is 0 Å². The second-order valence-electron chi connectivity index (χ2n) is 4.09. The first-order valence-corrected chi connectivity index (χ1v) is 7.22. The van der Waals surface area contributed by atoms with Crippen LogP contribution in [0.25, 0.3) is 0 Å². The van der Waals surface area contributed by atoms with Crippen LogP contribution in [0, 0.1) is 10.1 Å². The largest absolute Gasteiger partial charge is 0.396 e. The standard InChI is InChI=1S/C12H11N3O4S/c13-10-6-11(12(14-7-10)15(16)17)20(18,19)8-9-4-2-1-3-5-9/h1-7H,8,13H2. The number of hydrogen-bond acceptors (Lipinski definition) is 6. The number of nitrogens with two attached hydrogens (primary N) is 1. The van der Waals surface area contributed by atoms with E-state index in [1.165, 1.54) is 0 Å². The van der Waals surface area contributed by atoms with Crippen molar-refractivity contribution in [3.05, 3.63) is 58.3 Å². The number of benzene rings is 1. The Morgan fingerprint density at radius 3 is 2.50 bits per heavy atom. The normalized spacial score (nSPS) is 11.2. The van der Waals surface area contributed by atoms with Gasteiger partial charge in [-0.3, -0.25) is 0 Å². The summed E-state index contributed by atoms with van der Waals surface area (Å²) in [5.41, 5.74) is 6.06. The highest BCUT2D eigenvalue weighted by atomic mass is 32.2. The average molecular weight is 293 g/mol. The van der Waals surface area contributed by atoms with Crippen LogP contribution >= 0.6 is 0 Å². The molecule has 0 bridgehead atoms. The van der Waals surface area contributed by atoms with Crippen LogP contribution in [0.5, 0.6) is 0 Å². The van der Waals surface area contributed by atoms with E-state index in [0.29, 0.717) is 5.56 Å². The van der Waals surface area contributed by atoms with Gasteiger partial charge < -0.3 is 15.8 Å².